The van der Waals surface area contributed by atoms with Gasteiger partial charge in [-0.1, -0.05) is 12.1 Å². The number of carbonyl (C=O) groups is 2. The second-order valence-electron chi connectivity index (χ2n) is 5.87. The highest BCUT2D eigenvalue weighted by molar-refractivity contribution is 5.96. The van der Waals surface area contributed by atoms with Crippen LogP contribution in [0.5, 0.6) is 5.75 Å². The van der Waals surface area contributed by atoms with Crippen molar-refractivity contribution in [1.82, 2.24) is 4.90 Å². The Kier molecular flexibility index (Phi) is 6.68. The summed E-state index contributed by atoms with van der Waals surface area (Å²) >= 11 is 0. The van der Waals surface area contributed by atoms with Gasteiger partial charge in [-0.15, -0.1) is 0 Å². The molecule has 0 unspecified atom stereocenters. The molecule has 6 nitrogen and oxygen atoms in total. The number of ether oxygens (including phenoxy) is 1. The summed E-state index contributed by atoms with van der Waals surface area (Å²) in [6, 6.07) is 12.1. The van der Waals surface area contributed by atoms with Crippen LogP contribution in [0.1, 0.15) is 6.92 Å². The smallest absolute Gasteiger partial charge is 0.241 e. The second-order valence-corrected chi connectivity index (χ2v) is 5.87. The zero-order valence-corrected chi connectivity index (χ0v) is 15.0. The maximum atomic E-state index is 13.2. The third-order valence-electron chi connectivity index (χ3n) is 3.88. The lowest BCUT2D eigenvalue weighted by Crippen LogP contribution is -2.43. The Hall–Kier alpha value is -2.93. The highest BCUT2D eigenvalue weighted by Crippen LogP contribution is 2.17. The number of carbonyl (C=O) groups excluding carboxylic acids is 2. The predicted octanol–water partition coefficient (Wildman–Crippen LogP) is 2.73. The van der Waals surface area contributed by atoms with Crippen molar-refractivity contribution in [2.45, 2.75) is 13.0 Å². The van der Waals surface area contributed by atoms with E-state index in [1.807, 2.05) is 0 Å². The van der Waals surface area contributed by atoms with Gasteiger partial charge in [0.25, 0.3) is 0 Å². The summed E-state index contributed by atoms with van der Waals surface area (Å²) in [5, 5.41) is 5.39. The van der Waals surface area contributed by atoms with Crippen molar-refractivity contribution in [3.8, 4) is 5.75 Å². The first-order chi connectivity index (χ1) is 12.4. The average molecular weight is 359 g/mol. The van der Waals surface area contributed by atoms with E-state index < -0.39 is 11.9 Å². The molecule has 0 aromatic heterocycles. The molecule has 2 aromatic rings. The first-order valence-electron chi connectivity index (χ1n) is 8.09. The van der Waals surface area contributed by atoms with Crippen LogP contribution in [0.2, 0.25) is 0 Å². The molecule has 2 amide bonds. The fourth-order valence-electron chi connectivity index (χ4n) is 2.28. The number of rotatable bonds is 7. The number of nitrogens with one attached hydrogen (secondary N) is 2. The summed E-state index contributed by atoms with van der Waals surface area (Å²) in [5.41, 5.74) is 0.982. The van der Waals surface area contributed by atoms with Gasteiger partial charge in [0.15, 0.2) is 0 Å². The molecule has 2 rings (SSSR count). The summed E-state index contributed by atoms with van der Waals surface area (Å²) in [5.74, 6) is -0.376. The van der Waals surface area contributed by atoms with Crippen LogP contribution in [0.15, 0.2) is 48.5 Å². The minimum atomic E-state index is -0.542. The van der Waals surface area contributed by atoms with Crippen LogP contribution in [0.3, 0.4) is 0 Å². The second kappa shape index (κ2) is 8.96. The van der Waals surface area contributed by atoms with Gasteiger partial charge in [-0.25, -0.2) is 4.39 Å². The highest BCUT2D eigenvalue weighted by atomic mass is 19.1. The summed E-state index contributed by atoms with van der Waals surface area (Å²) in [7, 11) is 3.22. The van der Waals surface area contributed by atoms with Gasteiger partial charge in [-0.2, -0.15) is 0 Å². The highest BCUT2D eigenvalue weighted by Gasteiger charge is 2.20. The van der Waals surface area contributed by atoms with Gasteiger partial charge in [0.2, 0.25) is 11.8 Å². The molecule has 0 radical (unpaired) electrons. The van der Waals surface area contributed by atoms with Crippen LogP contribution >= 0.6 is 0 Å². The van der Waals surface area contributed by atoms with Gasteiger partial charge < -0.3 is 15.4 Å². The Bertz CT molecular complexity index is 782. The topological polar surface area (TPSA) is 70.7 Å². The van der Waals surface area contributed by atoms with Crippen molar-refractivity contribution in [2.75, 3.05) is 31.3 Å². The number of likely N-dealkylation sites (N-methyl/N-ethyl adjacent to an activating group) is 1. The Morgan fingerprint density at radius 1 is 1.12 bits per heavy atom. The van der Waals surface area contributed by atoms with Crippen molar-refractivity contribution in [3.05, 3.63) is 54.3 Å². The molecule has 7 heteroatoms. The van der Waals surface area contributed by atoms with Crippen molar-refractivity contribution in [3.63, 3.8) is 0 Å². The Labute approximate surface area is 152 Å². The van der Waals surface area contributed by atoms with Crippen molar-refractivity contribution in [2.24, 2.45) is 0 Å². The van der Waals surface area contributed by atoms with E-state index >= 15 is 0 Å². The number of methoxy groups -OCH3 is 1. The molecule has 1 atom stereocenters. The summed E-state index contributed by atoms with van der Waals surface area (Å²) in [6.45, 7) is 1.69. The lowest BCUT2D eigenvalue weighted by molar-refractivity contribution is -0.122. The summed E-state index contributed by atoms with van der Waals surface area (Å²) < 4.78 is 18.3. The van der Waals surface area contributed by atoms with E-state index in [4.69, 9.17) is 4.74 Å². The van der Waals surface area contributed by atoms with Crippen molar-refractivity contribution >= 4 is 23.2 Å². The maximum absolute atomic E-state index is 13.2. The molecular weight excluding hydrogens is 337 g/mol. The third kappa shape index (κ3) is 5.56. The standard InChI is InChI=1S/C19H22FN3O3/c1-13(19(25)22-16-8-5-9-17(11-16)26-3)23(2)12-18(24)21-15-7-4-6-14(20)10-15/h4-11,13H,12H2,1-3H3,(H,21,24)(H,22,25)/t13-/m0/s1. The Morgan fingerprint density at radius 3 is 2.42 bits per heavy atom. The molecule has 0 bridgehead atoms. The molecule has 0 aliphatic rings. The molecule has 2 N–H and O–H groups in total. The lowest BCUT2D eigenvalue weighted by atomic mass is 10.2. The number of amides is 2. The van der Waals surface area contributed by atoms with E-state index in [0.717, 1.165) is 0 Å². The number of nitrogens with zero attached hydrogens (tertiary/aromatic N) is 1. The van der Waals surface area contributed by atoms with Crippen molar-refractivity contribution in [1.29, 1.82) is 0 Å². The van der Waals surface area contributed by atoms with Gasteiger partial charge >= 0.3 is 0 Å². The number of hydrogen-bond donors (Lipinski definition) is 2. The molecule has 138 valence electrons. The lowest BCUT2D eigenvalue weighted by Gasteiger charge is -2.23. The quantitative estimate of drug-likeness (QED) is 0.797. The molecule has 0 saturated carbocycles. The summed E-state index contributed by atoms with van der Waals surface area (Å²) in [4.78, 5) is 26.0. The molecule has 0 heterocycles. The van der Waals surface area contributed by atoms with E-state index in [1.54, 1.807) is 56.3 Å². The van der Waals surface area contributed by atoms with E-state index in [1.165, 1.54) is 18.2 Å². The minimum Gasteiger partial charge on any atom is -0.497 e. The molecule has 26 heavy (non-hydrogen) atoms. The van der Waals surface area contributed by atoms with E-state index in [0.29, 0.717) is 17.1 Å². The molecule has 2 aromatic carbocycles. The van der Waals surface area contributed by atoms with Crippen LogP contribution in [0.25, 0.3) is 0 Å². The molecule has 0 fully saturated rings. The number of halogens is 1. The molecule has 0 saturated heterocycles. The maximum Gasteiger partial charge on any atom is 0.241 e. The van der Waals surface area contributed by atoms with Gasteiger partial charge in [0, 0.05) is 17.4 Å². The first-order valence-corrected chi connectivity index (χ1v) is 8.09. The van der Waals surface area contributed by atoms with Gasteiger partial charge in [0.1, 0.15) is 11.6 Å². The predicted molar refractivity (Wildman–Crippen MR) is 98.7 cm³/mol. The zero-order valence-electron chi connectivity index (χ0n) is 15.0. The van der Waals surface area contributed by atoms with Crippen LogP contribution in [-0.2, 0) is 9.59 Å². The Balaban J connectivity index is 1.90. The molecule has 0 aliphatic heterocycles. The zero-order chi connectivity index (χ0) is 19.1. The van der Waals surface area contributed by atoms with Gasteiger partial charge in [-0.3, -0.25) is 14.5 Å². The van der Waals surface area contributed by atoms with E-state index in [-0.39, 0.29) is 18.4 Å². The fraction of sp³-hybridized carbons (Fsp3) is 0.263. The van der Waals surface area contributed by atoms with Crippen LogP contribution in [0.4, 0.5) is 15.8 Å². The van der Waals surface area contributed by atoms with Crippen molar-refractivity contribution < 1.29 is 18.7 Å². The van der Waals surface area contributed by atoms with E-state index in [9.17, 15) is 14.0 Å². The average Bonchev–Trinajstić information content (AvgIpc) is 2.61. The SMILES string of the molecule is COc1cccc(NC(=O)[C@H](C)N(C)CC(=O)Nc2cccc(F)c2)c1. The first kappa shape index (κ1) is 19.4. The largest absolute Gasteiger partial charge is 0.497 e. The molecule has 0 spiro atoms. The number of anilines is 2. The number of benzene rings is 2. The van der Waals surface area contributed by atoms with Gasteiger partial charge in [-0.05, 0) is 44.3 Å². The summed E-state index contributed by atoms with van der Waals surface area (Å²) in [6.07, 6.45) is 0. The third-order valence-corrected chi connectivity index (χ3v) is 3.88. The Morgan fingerprint density at radius 2 is 1.77 bits per heavy atom. The van der Waals surface area contributed by atoms with Crippen LogP contribution in [0, 0.1) is 5.82 Å². The van der Waals surface area contributed by atoms with Crippen LogP contribution in [-0.4, -0.2) is 43.5 Å². The fourth-order valence-corrected chi connectivity index (χ4v) is 2.28. The minimum absolute atomic E-state index is 0.0107. The van der Waals surface area contributed by atoms with Crippen LogP contribution < -0.4 is 15.4 Å². The molecule has 0 aliphatic carbocycles. The van der Waals surface area contributed by atoms with E-state index in [2.05, 4.69) is 10.6 Å². The monoisotopic (exact) mass is 359 g/mol. The number of hydrogen-bond acceptors (Lipinski definition) is 4. The normalized spacial score (nSPS) is 11.7. The van der Waals surface area contributed by atoms with Gasteiger partial charge in [0.05, 0.1) is 19.7 Å². The molecular formula is C19H22FN3O3.